The van der Waals surface area contributed by atoms with Crippen LogP contribution >= 0.6 is 11.8 Å². The lowest BCUT2D eigenvalue weighted by Crippen LogP contribution is -2.43. The van der Waals surface area contributed by atoms with E-state index in [2.05, 4.69) is 20.8 Å². The maximum Gasteiger partial charge on any atom is 0.232 e. The van der Waals surface area contributed by atoms with Gasteiger partial charge in [-0.1, -0.05) is 13.8 Å². The van der Waals surface area contributed by atoms with E-state index in [9.17, 15) is 4.79 Å². The molecule has 1 heterocycles. The number of thioether (sulfide) groups is 1. The number of rotatable bonds is 6. The monoisotopic (exact) mass is 272 g/mol. The van der Waals surface area contributed by atoms with Crippen LogP contribution in [0.3, 0.4) is 0 Å². The largest absolute Gasteiger partial charge is 0.342 e. The van der Waals surface area contributed by atoms with Gasteiger partial charge in [0, 0.05) is 19.1 Å². The second-order valence-corrected chi connectivity index (χ2v) is 6.92. The van der Waals surface area contributed by atoms with Gasteiger partial charge in [-0.15, -0.1) is 0 Å². The lowest BCUT2D eigenvalue weighted by molar-refractivity contribution is -0.129. The molecule has 0 spiro atoms. The summed E-state index contributed by atoms with van der Waals surface area (Å²) in [5.74, 6) is 3.39. The summed E-state index contributed by atoms with van der Waals surface area (Å²) in [5, 5.41) is 0. The zero-order chi connectivity index (χ0) is 13.5. The van der Waals surface area contributed by atoms with E-state index in [0.717, 1.165) is 37.6 Å². The average Bonchev–Trinajstić information content (AvgIpc) is 2.34. The van der Waals surface area contributed by atoms with Crippen LogP contribution in [0.15, 0.2) is 0 Å². The Labute approximate surface area is 116 Å². The number of hydrogen-bond donors (Lipinski definition) is 1. The van der Waals surface area contributed by atoms with Crippen LogP contribution in [0.1, 0.15) is 40.0 Å². The fourth-order valence-corrected chi connectivity index (χ4v) is 3.38. The van der Waals surface area contributed by atoms with Crippen molar-refractivity contribution in [2.75, 3.05) is 24.6 Å². The van der Waals surface area contributed by atoms with Gasteiger partial charge in [-0.25, -0.2) is 0 Å². The van der Waals surface area contributed by atoms with Crippen LogP contribution in [0.25, 0.3) is 0 Å². The molecule has 1 rings (SSSR count). The van der Waals surface area contributed by atoms with Crippen molar-refractivity contribution in [3.05, 3.63) is 0 Å². The first-order valence-corrected chi connectivity index (χ1v) is 8.27. The zero-order valence-corrected chi connectivity index (χ0v) is 12.8. The van der Waals surface area contributed by atoms with Crippen molar-refractivity contribution in [3.63, 3.8) is 0 Å². The van der Waals surface area contributed by atoms with Crippen molar-refractivity contribution in [1.82, 2.24) is 4.90 Å². The van der Waals surface area contributed by atoms with E-state index in [1.54, 1.807) is 11.8 Å². The molecule has 0 saturated carbocycles. The topological polar surface area (TPSA) is 46.3 Å². The van der Waals surface area contributed by atoms with Gasteiger partial charge < -0.3 is 10.6 Å². The number of nitrogens with zero attached hydrogens (tertiary/aromatic N) is 1. The van der Waals surface area contributed by atoms with Gasteiger partial charge >= 0.3 is 0 Å². The van der Waals surface area contributed by atoms with Crippen molar-refractivity contribution in [1.29, 1.82) is 0 Å². The summed E-state index contributed by atoms with van der Waals surface area (Å²) in [6, 6.07) is 0.266. The number of piperidine rings is 1. The van der Waals surface area contributed by atoms with Gasteiger partial charge in [0.2, 0.25) is 5.91 Å². The van der Waals surface area contributed by atoms with E-state index >= 15 is 0 Å². The first-order valence-electron chi connectivity index (χ1n) is 7.11. The Kier molecular flexibility index (Phi) is 7.08. The van der Waals surface area contributed by atoms with Crippen molar-refractivity contribution in [3.8, 4) is 0 Å². The summed E-state index contributed by atoms with van der Waals surface area (Å²) in [6.07, 6.45) is 3.34. The highest BCUT2D eigenvalue weighted by Gasteiger charge is 2.24. The minimum absolute atomic E-state index is 0.266. The fourth-order valence-electron chi connectivity index (χ4n) is 2.24. The van der Waals surface area contributed by atoms with E-state index in [1.807, 2.05) is 4.90 Å². The zero-order valence-electron chi connectivity index (χ0n) is 12.0. The third-order valence-electron chi connectivity index (χ3n) is 3.70. The van der Waals surface area contributed by atoms with Crippen molar-refractivity contribution >= 4 is 17.7 Å². The van der Waals surface area contributed by atoms with Crippen LogP contribution in [-0.2, 0) is 4.79 Å². The quantitative estimate of drug-likeness (QED) is 0.755. The van der Waals surface area contributed by atoms with Crippen LogP contribution in [0.4, 0.5) is 0 Å². The molecular weight excluding hydrogens is 244 g/mol. The molecule has 1 unspecified atom stereocenters. The van der Waals surface area contributed by atoms with Gasteiger partial charge in [0.15, 0.2) is 0 Å². The Balaban J connectivity index is 2.16. The van der Waals surface area contributed by atoms with Gasteiger partial charge in [0.05, 0.1) is 5.75 Å². The van der Waals surface area contributed by atoms with Gasteiger partial charge in [-0.2, -0.15) is 11.8 Å². The van der Waals surface area contributed by atoms with E-state index in [-0.39, 0.29) is 6.04 Å². The van der Waals surface area contributed by atoms with E-state index < -0.39 is 0 Å². The Morgan fingerprint density at radius 2 is 1.94 bits per heavy atom. The number of amides is 1. The molecule has 1 fully saturated rings. The van der Waals surface area contributed by atoms with Gasteiger partial charge in [0.1, 0.15) is 0 Å². The number of hydrogen-bond acceptors (Lipinski definition) is 3. The molecule has 3 nitrogen and oxygen atoms in total. The van der Waals surface area contributed by atoms with E-state index in [0.29, 0.717) is 17.6 Å². The Morgan fingerprint density at radius 3 is 2.44 bits per heavy atom. The van der Waals surface area contributed by atoms with Crippen LogP contribution < -0.4 is 5.73 Å². The summed E-state index contributed by atoms with van der Waals surface area (Å²) in [4.78, 5) is 14.0. The third-order valence-corrected chi connectivity index (χ3v) is 4.68. The molecule has 18 heavy (non-hydrogen) atoms. The maximum absolute atomic E-state index is 12.0. The number of carbonyl (C=O) groups excluding carboxylic acids is 1. The van der Waals surface area contributed by atoms with Crippen molar-refractivity contribution in [2.24, 2.45) is 17.6 Å². The lowest BCUT2D eigenvalue weighted by atomic mass is 9.91. The van der Waals surface area contributed by atoms with Gasteiger partial charge in [-0.05, 0) is 43.8 Å². The molecule has 2 N–H and O–H groups in total. The molecule has 0 radical (unpaired) electrons. The number of likely N-dealkylation sites (tertiary alicyclic amines) is 1. The highest BCUT2D eigenvalue weighted by Crippen LogP contribution is 2.20. The SMILES string of the molecule is CC(C)CCSCC(=O)N1CCC(C(C)N)CC1. The second-order valence-electron chi connectivity index (χ2n) is 5.81. The molecule has 106 valence electrons. The Morgan fingerprint density at radius 1 is 1.33 bits per heavy atom. The summed E-state index contributed by atoms with van der Waals surface area (Å²) in [6.45, 7) is 8.32. The minimum atomic E-state index is 0.266. The highest BCUT2D eigenvalue weighted by molar-refractivity contribution is 7.99. The minimum Gasteiger partial charge on any atom is -0.342 e. The molecular formula is C14H28N2OS. The molecule has 0 aromatic rings. The highest BCUT2D eigenvalue weighted by atomic mass is 32.2. The first kappa shape index (κ1) is 15.8. The number of carbonyl (C=O) groups is 1. The van der Waals surface area contributed by atoms with Gasteiger partial charge in [0.25, 0.3) is 0 Å². The second kappa shape index (κ2) is 8.05. The fraction of sp³-hybridized carbons (Fsp3) is 0.929. The molecule has 0 aliphatic carbocycles. The summed E-state index contributed by atoms with van der Waals surface area (Å²) in [5.41, 5.74) is 5.91. The molecule has 1 aliphatic heterocycles. The normalized spacial score (nSPS) is 19.3. The summed E-state index contributed by atoms with van der Waals surface area (Å²) < 4.78 is 0. The molecule has 0 bridgehead atoms. The lowest BCUT2D eigenvalue weighted by Gasteiger charge is -2.33. The molecule has 1 saturated heterocycles. The molecule has 1 atom stereocenters. The van der Waals surface area contributed by atoms with E-state index in [1.165, 1.54) is 6.42 Å². The van der Waals surface area contributed by atoms with Crippen LogP contribution in [-0.4, -0.2) is 41.4 Å². The predicted molar refractivity (Wildman–Crippen MR) is 79.7 cm³/mol. The third kappa shape index (κ3) is 5.61. The summed E-state index contributed by atoms with van der Waals surface area (Å²) in [7, 11) is 0. The number of nitrogens with two attached hydrogens (primary N) is 1. The Bertz CT molecular complexity index is 248. The molecule has 1 aliphatic rings. The average molecular weight is 272 g/mol. The first-order chi connectivity index (χ1) is 8.50. The smallest absolute Gasteiger partial charge is 0.232 e. The molecule has 1 amide bonds. The van der Waals surface area contributed by atoms with Crippen LogP contribution in [0.5, 0.6) is 0 Å². The Hall–Kier alpha value is -0.220. The van der Waals surface area contributed by atoms with E-state index in [4.69, 9.17) is 5.73 Å². The van der Waals surface area contributed by atoms with Crippen LogP contribution in [0.2, 0.25) is 0 Å². The molecule has 4 heteroatoms. The molecule has 0 aromatic carbocycles. The molecule has 0 aromatic heterocycles. The summed E-state index contributed by atoms with van der Waals surface area (Å²) >= 11 is 1.77. The standard InChI is InChI=1S/C14H28N2OS/c1-11(2)6-9-18-10-14(17)16-7-4-13(5-8-16)12(3)15/h11-13H,4-10,15H2,1-3H3. The van der Waals surface area contributed by atoms with Crippen LogP contribution in [0, 0.1) is 11.8 Å². The van der Waals surface area contributed by atoms with Crippen molar-refractivity contribution < 1.29 is 4.79 Å². The maximum atomic E-state index is 12.0. The van der Waals surface area contributed by atoms with Crippen molar-refractivity contribution in [2.45, 2.75) is 46.1 Å². The predicted octanol–water partition coefficient (Wildman–Crippen LogP) is 2.35. The van der Waals surface area contributed by atoms with Gasteiger partial charge in [-0.3, -0.25) is 4.79 Å².